The summed E-state index contributed by atoms with van der Waals surface area (Å²) in [5.41, 5.74) is -1.29. The Morgan fingerprint density at radius 3 is 2.44 bits per heavy atom. The Labute approximate surface area is 160 Å². The summed E-state index contributed by atoms with van der Waals surface area (Å²) in [5.74, 6) is -0.433. The van der Waals surface area contributed by atoms with Gasteiger partial charge in [0.05, 0.1) is 18.6 Å². The summed E-state index contributed by atoms with van der Waals surface area (Å²) in [6, 6.07) is 7.27. The molecule has 0 aromatic heterocycles. The summed E-state index contributed by atoms with van der Waals surface area (Å²) in [4.78, 5) is 26.3. The van der Waals surface area contributed by atoms with E-state index >= 15 is 0 Å². The van der Waals surface area contributed by atoms with Gasteiger partial charge in [-0.15, -0.1) is 0 Å². The van der Waals surface area contributed by atoms with Crippen molar-refractivity contribution in [2.24, 2.45) is 5.41 Å². The minimum absolute atomic E-state index is 0.0266. The van der Waals surface area contributed by atoms with E-state index in [1.165, 1.54) is 0 Å². The van der Waals surface area contributed by atoms with Gasteiger partial charge in [-0.3, -0.25) is 9.59 Å². The van der Waals surface area contributed by atoms with Crippen molar-refractivity contribution in [1.82, 2.24) is 4.90 Å². The van der Waals surface area contributed by atoms with Crippen molar-refractivity contribution >= 4 is 17.6 Å². The lowest BCUT2D eigenvalue weighted by molar-refractivity contribution is -0.167. The Balaban J connectivity index is 2.09. The highest BCUT2D eigenvalue weighted by molar-refractivity contribution is 5.89. The Morgan fingerprint density at radius 1 is 1.33 bits per heavy atom. The van der Waals surface area contributed by atoms with E-state index in [0.29, 0.717) is 19.4 Å². The Hall–Kier alpha value is -2.28. The molecule has 7 nitrogen and oxygen atoms in total. The predicted molar refractivity (Wildman–Crippen MR) is 103 cm³/mol. The monoisotopic (exact) mass is 378 g/mol. The molecule has 0 spiro atoms. The number of hydrogen-bond acceptors (Lipinski definition) is 5. The minimum Gasteiger partial charge on any atom is -0.497 e. The van der Waals surface area contributed by atoms with E-state index in [4.69, 9.17) is 4.74 Å². The number of aliphatic carboxylic acids is 1. The van der Waals surface area contributed by atoms with E-state index in [2.05, 4.69) is 5.32 Å². The number of anilines is 1. The van der Waals surface area contributed by atoms with Gasteiger partial charge in [-0.25, -0.2) is 0 Å². The lowest BCUT2D eigenvalue weighted by Crippen LogP contribution is -2.60. The van der Waals surface area contributed by atoms with Gasteiger partial charge >= 0.3 is 5.97 Å². The molecule has 27 heavy (non-hydrogen) atoms. The van der Waals surface area contributed by atoms with Crippen LogP contribution in [0.2, 0.25) is 0 Å². The number of amides is 1. The number of carbonyl (C=O) groups is 2. The molecule has 2 atom stereocenters. The van der Waals surface area contributed by atoms with Crippen LogP contribution in [0.15, 0.2) is 24.3 Å². The van der Waals surface area contributed by atoms with E-state index in [-0.39, 0.29) is 18.9 Å². The number of benzene rings is 1. The standard InChI is InChI=1S/C20H30N2O5/c1-5-10-20(18(25)26)11-12-22(13-16(20)23)17(24)19(2,3)21-14-6-8-15(27-4)9-7-14/h6-9,16,21,23H,5,10-13H2,1-4H3,(H,25,26)/t16-,20-/m0/s1. The molecule has 1 aromatic carbocycles. The lowest BCUT2D eigenvalue weighted by Gasteiger charge is -2.44. The van der Waals surface area contributed by atoms with Crippen molar-refractivity contribution in [1.29, 1.82) is 0 Å². The van der Waals surface area contributed by atoms with Gasteiger partial charge in [0.25, 0.3) is 0 Å². The number of carboxylic acids is 1. The average Bonchev–Trinajstić information content (AvgIpc) is 2.63. The number of carboxylic acid groups (broad SMARTS) is 1. The van der Waals surface area contributed by atoms with Gasteiger partial charge in [-0.1, -0.05) is 13.3 Å². The number of rotatable bonds is 7. The lowest BCUT2D eigenvalue weighted by atomic mass is 9.72. The first-order valence-corrected chi connectivity index (χ1v) is 9.29. The number of piperidine rings is 1. The third-order valence-corrected chi connectivity index (χ3v) is 5.35. The van der Waals surface area contributed by atoms with Gasteiger partial charge < -0.3 is 25.2 Å². The number of nitrogens with zero attached hydrogens (tertiary/aromatic N) is 1. The first-order valence-electron chi connectivity index (χ1n) is 9.29. The molecule has 1 fully saturated rings. The van der Waals surface area contributed by atoms with Crippen LogP contribution < -0.4 is 10.1 Å². The zero-order valence-corrected chi connectivity index (χ0v) is 16.5. The van der Waals surface area contributed by atoms with Gasteiger partial charge in [0.15, 0.2) is 0 Å². The van der Waals surface area contributed by atoms with Crippen molar-refractivity contribution in [3.8, 4) is 5.75 Å². The van der Waals surface area contributed by atoms with E-state index in [9.17, 15) is 19.8 Å². The first-order chi connectivity index (χ1) is 12.7. The maximum Gasteiger partial charge on any atom is 0.312 e. The molecule has 1 aliphatic heterocycles. The second-order valence-corrected chi connectivity index (χ2v) is 7.71. The summed E-state index contributed by atoms with van der Waals surface area (Å²) < 4.78 is 5.13. The number of aliphatic hydroxyl groups is 1. The summed E-state index contributed by atoms with van der Waals surface area (Å²) in [6.45, 7) is 5.79. The van der Waals surface area contributed by atoms with Crippen molar-refractivity contribution in [2.45, 2.75) is 51.7 Å². The van der Waals surface area contributed by atoms with E-state index in [1.54, 1.807) is 38.0 Å². The molecule has 0 saturated carbocycles. The van der Waals surface area contributed by atoms with Crippen molar-refractivity contribution in [3.63, 3.8) is 0 Å². The number of nitrogens with one attached hydrogen (secondary N) is 1. The molecule has 150 valence electrons. The zero-order chi connectivity index (χ0) is 20.2. The molecule has 1 amide bonds. The summed E-state index contributed by atoms with van der Waals surface area (Å²) >= 11 is 0. The van der Waals surface area contributed by atoms with Crippen LogP contribution >= 0.6 is 0 Å². The summed E-state index contributed by atoms with van der Waals surface area (Å²) in [7, 11) is 1.59. The van der Waals surface area contributed by atoms with E-state index < -0.39 is 23.0 Å². The number of ether oxygens (including phenoxy) is 1. The van der Waals surface area contributed by atoms with Crippen LogP contribution in [0, 0.1) is 5.41 Å². The Kier molecular flexibility index (Phi) is 6.36. The van der Waals surface area contributed by atoms with Crippen LogP contribution in [0.1, 0.15) is 40.0 Å². The van der Waals surface area contributed by atoms with Crippen LogP contribution in [0.4, 0.5) is 5.69 Å². The number of β-amino-alcohol motifs (C(OH)–C–C–N with tert-alkyl or cyclic N) is 1. The highest BCUT2D eigenvalue weighted by Gasteiger charge is 2.49. The predicted octanol–water partition coefficient (Wildman–Crippen LogP) is 2.35. The molecule has 1 saturated heterocycles. The van der Waals surface area contributed by atoms with Crippen LogP contribution in [-0.4, -0.2) is 58.8 Å². The van der Waals surface area contributed by atoms with Crippen LogP contribution in [-0.2, 0) is 9.59 Å². The minimum atomic E-state index is -1.17. The van der Waals surface area contributed by atoms with Crippen molar-refractivity contribution < 1.29 is 24.5 Å². The second kappa shape index (κ2) is 8.17. The van der Waals surface area contributed by atoms with Crippen molar-refractivity contribution in [2.75, 3.05) is 25.5 Å². The van der Waals surface area contributed by atoms with Crippen LogP contribution in [0.3, 0.4) is 0 Å². The van der Waals surface area contributed by atoms with Gasteiger partial charge in [-0.2, -0.15) is 0 Å². The molecule has 7 heteroatoms. The number of likely N-dealkylation sites (tertiary alicyclic amines) is 1. The highest BCUT2D eigenvalue weighted by atomic mass is 16.5. The molecule has 0 unspecified atom stereocenters. The third kappa shape index (κ3) is 4.35. The molecule has 1 aromatic rings. The highest BCUT2D eigenvalue weighted by Crippen LogP contribution is 2.37. The van der Waals surface area contributed by atoms with Crippen LogP contribution in [0.5, 0.6) is 5.75 Å². The van der Waals surface area contributed by atoms with Crippen molar-refractivity contribution in [3.05, 3.63) is 24.3 Å². The molecule has 0 radical (unpaired) electrons. The first kappa shape index (κ1) is 21.0. The fourth-order valence-corrected chi connectivity index (χ4v) is 3.74. The topological polar surface area (TPSA) is 99.1 Å². The average molecular weight is 378 g/mol. The molecule has 1 heterocycles. The largest absolute Gasteiger partial charge is 0.497 e. The second-order valence-electron chi connectivity index (χ2n) is 7.71. The maximum atomic E-state index is 13.0. The van der Waals surface area contributed by atoms with Gasteiger partial charge in [-0.05, 0) is 51.0 Å². The summed E-state index contributed by atoms with van der Waals surface area (Å²) in [5, 5.41) is 23.4. The Morgan fingerprint density at radius 2 is 1.96 bits per heavy atom. The van der Waals surface area contributed by atoms with E-state index in [1.807, 2.05) is 19.1 Å². The maximum absolute atomic E-state index is 13.0. The molecule has 0 bridgehead atoms. The number of methoxy groups -OCH3 is 1. The number of carbonyl (C=O) groups excluding carboxylic acids is 1. The zero-order valence-electron chi connectivity index (χ0n) is 16.5. The fourth-order valence-electron chi connectivity index (χ4n) is 3.74. The molecule has 3 N–H and O–H groups in total. The van der Waals surface area contributed by atoms with Gasteiger partial charge in [0.2, 0.25) is 5.91 Å². The Bertz CT molecular complexity index is 673. The molecular formula is C20H30N2O5. The molecule has 0 aliphatic carbocycles. The smallest absolute Gasteiger partial charge is 0.312 e. The normalized spacial score (nSPS) is 23.0. The third-order valence-electron chi connectivity index (χ3n) is 5.35. The SMILES string of the molecule is CCC[C@]1(C(=O)O)CCN(C(=O)C(C)(C)Nc2ccc(OC)cc2)C[C@@H]1O. The fraction of sp³-hybridized carbons (Fsp3) is 0.600. The van der Waals surface area contributed by atoms with Crippen LogP contribution in [0.25, 0.3) is 0 Å². The molecular weight excluding hydrogens is 348 g/mol. The number of hydrogen-bond donors (Lipinski definition) is 3. The summed E-state index contributed by atoms with van der Waals surface area (Å²) in [6.07, 6.45) is 0.243. The quantitative estimate of drug-likeness (QED) is 0.674. The van der Waals surface area contributed by atoms with Gasteiger partial charge in [0, 0.05) is 18.8 Å². The molecule has 2 rings (SSSR count). The van der Waals surface area contributed by atoms with E-state index in [0.717, 1.165) is 11.4 Å². The number of aliphatic hydroxyl groups excluding tert-OH is 1. The molecule has 1 aliphatic rings. The van der Waals surface area contributed by atoms with Gasteiger partial charge in [0.1, 0.15) is 11.3 Å².